The van der Waals surface area contributed by atoms with E-state index in [9.17, 15) is 4.79 Å². The summed E-state index contributed by atoms with van der Waals surface area (Å²) in [7, 11) is 1.65. The van der Waals surface area contributed by atoms with Gasteiger partial charge in [-0.25, -0.2) is 4.68 Å². The lowest BCUT2D eigenvalue weighted by Crippen LogP contribution is -2.33. The van der Waals surface area contributed by atoms with Gasteiger partial charge in [0.15, 0.2) is 0 Å². The summed E-state index contributed by atoms with van der Waals surface area (Å²) in [6.07, 6.45) is 4.83. The molecule has 0 saturated carbocycles. The molecule has 1 unspecified atom stereocenters. The molecule has 1 aliphatic heterocycles. The molecule has 1 atom stereocenters. The van der Waals surface area contributed by atoms with E-state index in [0.29, 0.717) is 24.8 Å². The van der Waals surface area contributed by atoms with Gasteiger partial charge in [0.25, 0.3) is 0 Å². The maximum Gasteiger partial charge on any atom is 0.220 e. The molecule has 1 amide bonds. The number of nitrogens with one attached hydrogen (secondary N) is 2. The SMILES string of the molecule is COc1ccc(-n2ccc(CNC(=O)CC(C)C3CCNCC3)n2)cc1. The number of nitrogens with zero attached hydrogens (tertiary/aromatic N) is 2. The van der Waals surface area contributed by atoms with Gasteiger partial charge in [-0.1, -0.05) is 6.92 Å². The number of hydrogen-bond donors (Lipinski definition) is 2. The third-order valence-corrected chi connectivity index (χ3v) is 5.14. The van der Waals surface area contributed by atoms with E-state index in [-0.39, 0.29) is 5.91 Å². The molecule has 2 aromatic rings. The number of ether oxygens (including phenoxy) is 1. The van der Waals surface area contributed by atoms with Crippen molar-refractivity contribution >= 4 is 5.91 Å². The number of hydrogen-bond acceptors (Lipinski definition) is 4. The maximum atomic E-state index is 12.2. The van der Waals surface area contributed by atoms with Crippen LogP contribution in [-0.2, 0) is 11.3 Å². The first-order chi connectivity index (χ1) is 12.7. The van der Waals surface area contributed by atoms with Crippen LogP contribution in [0.3, 0.4) is 0 Å². The van der Waals surface area contributed by atoms with Gasteiger partial charge < -0.3 is 15.4 Å². The quantitative estimate of drug-likeness (QED) is 0.800. The highest BCUT2D eigenvalue weighted by Crippen LogP contribution is 2.24. The Labute approximate surface area is 154 Å². The standard InChI is InChI=1S/C20H28N4O2/c1-15(16-7-10-21-11-8-16)13-20(25)22-14-17-9-12-24(23-17)18-3-5-19(26-2)6-4-18/h3-6,9,12,15-16,21H,7-8,10-11,13-14H2,1-2H3,(H,22,25). The maximum absolute atomic E-state index is 12.2. The molecular weight excluding hydrogens is 328 g/mol. The number of amides is 1. The molecule has 2 N–H and O–H groups in total. The van der Waals surface area contributed by atoms with Crippen LogP contribution in [0.15, 0.2) is 36.5 Å². The summed E-state index contributed by atoms with van der Waals surface area (Å²) in [6, 6.07) is 9.64. The molecule has 2 heterocycles. The van der Waals surface area contributed by atoms with Gasteiger partial charge in [0.1, 0.15) is 5.75 Å². The summed E-state index contributed by atoms with van der Waals surface area (Å²) in [4.78, 5) is 12.2. The van der Waals surface area contributed by atoms with E-state index in [2.05, 4.69) is 22.7 Å². The highest BCUT2D eigenvalue weighted by Gasteiger charge is 2.21. The number of carbonyl (C=O) groups excluding carboxylic acids is 1. The highest BCUT2D eigenvalue weighted by molar-refractivity contribution is 5.76. The Kier molecular flexibility index (Phi) is 6.28. The monoisotopic (exact) mass is 356 g/mol. The van der Waals surface area contributed by atoms with E-state index >= 15 is 0 Å². The van der Waals surface area contributed by atoms with Gasteiger partial charge in [-0.15, -0.1) is 0 Å². The van der Waals surface area contributed by atoms with Crippen LogP contribution < -0.4 is 15.4 Å². The summed E-state index contributed by atoms with van der Waals surface area (Å²) >= 11 is 0. The molecule has 0 aliphatic carbocycles. The number of rotatable bonds is 7. The largest absolute Gasteiger partial charge is 0.497 e. The summed E-state index contributed by atoms with van der Waals surface area (Å²) in [5.74, 6) is 2.00. The minimum atomic E-state index is 0.107. The number of benzene rings is 1. The molecule has 1 saturated heterocycles. The van der Waals surface area contributed by atoms with E-state index in [1.807, 2.05) is 36.5 Å². The van der Waals surface area contributed by atoms with Crippen molar-refractivity contribution in [1.29, 1.82) is 0 Å². The average Bonchev–Trinajstić information content (AvgIpc) is 3.16. The first-order valence-electron chi connectivity index (χ1n) is 9.32. The second kappa shape index (κ2) is 8.85. The Morgan fingerprint density at radius 1 is 1.31 bits per heavy atom. The zero-order valence-corrected chi connectivity index (χ0v) is 15.6. The van der Waals surface area contributed by atoms with Crippen LogP contribution in [0.1, 0.15) is 31.9 Å². The molecule has 1 aromatic heterocycles. The molecule has 1 fully saturated rings. The summed E-state index contributed by atoms with van der Waals surface area (Å²) in [6.45, 7) is 4.79. The summed E-state index contributed by atoms with van der Waals surface area (Å²) in [5.41, 5.74) is 1.81. The third kappa shape index (κ3) is 4.85. The van der Waals surface area contributed by atoms with Gasteiger partial charge in [0.05, 0.1) is 25.0 Å². The molecule has 0 radical (unpaired) electrons. The van der Waals surface area contributed by atoms with Crippen molar-refractivity contribution in [3.8, 4) is 11.4 Å². The van der Waals surface area contributed by atoms with E-state index in [1.165, 1.54) is 12.8 Å². The zero-order chi connectivity index (χ0) is 18.4. The molecule has 0 spiro atoms. The normalized spacial score (nSPS) is 16.2. The fourth-order valence-electron chi connectivity index (χ4n) is 3.47. The lowest BCUT2D eigenvalue weighted by molar-refractivity contribution is -0.122. The second-order valence-electron chi connectivity index (χ2n) is 7.00. The fraction of sp³-hybridized carbons (Fsp3) is 0.500. The Morgan fingerprint density at radius 2 is 2.04 bits per heavy atom. The van der Waals surface area contributed by atoms with Gasteiger partial charge >= 0.3 is 0 Å². The van der Waals surface area contributed by atoms with Gasteiger partial charge in [-0.3, -0.25) is 4.79 Å². The van der Waals surface area contributed by atoms with Crippen molar-refractivity contribution < 1.29 is 9.53 Å². The van der Waals surface area contributed by atoms with Crippen LogP contribution in [0, 0.1) is 11.8 Å². The molecule has 3 rings (SSSR count). The van der Waals surface area contributed by atoms with Crippen molar-refractivity contribution in [1.82, 2.24) is 20.4 Å². The molecule has 140 valence electrons. The van der Waals surface area contributed by atoms with Gasteiger partial charge in [0.2, 0.25) is 5.91 Å². The molecule has 1 aromatic carbocycles. The molecule has 6 heteroatoms. The Hall–Kier alpha value is -2.34. The predicted molar refractivity (Wildman–Crippen MR) is 101 cm³/mol. The predicted octanol–water partition coefficient (Wildman–Crippen LogP) is 2.52. The van der Waals surface area contributed by atoms with Gasteiger partial charge in [0, 0.05) is 12.6 Å². The van der Waals surface area contributed by atoms with Crippen LogP contribution in [0.2, 0.25) is 0 Å². The minimum Gasteiger partial charge on any atom is -0.497 e. The highest BCUT2D eigenvalue weighted by atomic mass is 16.5. The van der Waals surface area contributed by atoms with Crippen molar-refractivity contribution in [2.45, 2.75) is 32.7 Å². The first kappa shape index (κ1) is 18.5. The lowest BCUT2D eigenvalue weighted by atomic mass is 9.84. The Morgan fingerprint density at radius 3 is 2.73 bits per heavy atom. The van der Waals surface area contributed by atoms with E-state index in [0.717, 1.165) is 30.2 Å². The molecule has 0 bridgehead atoms. The molecule has 6 nitrogen and oxygen atoms in total. The van der Waals surface area contributed by atoms with Crippen LogP contribution in [0.25, 0.3) is 5.69 Å². The Bertz CT molecular complexity index is 705. The van der Waals surface area contributed by atoms with Gasteiger partial charge in [-0.05, 0) is 68.1 Å². The zero-order valence-electron chi connectivity index (χ0n) is 15.6. The van der Waals surface area contributed by atoms with Crippen molar-refractivity contribution in [3.05, 3.63) is 42.2 Å². The number of methoxy groups -OCH3 is 1. The first-order valence-corrected chi connectivity index (χ1v) is 9.32. The smallest absolute Gasteiger partial charge is 0.220 e. The third-order valence-electron chi connectivity index (χ3n) is 5.14. The topological polar surface area (TPSA) is 68.2 Å². The van der Waals surface area contributed by atoms with E-state index < -0.39 is 0 Å². The summed E-state index contributed by atoms with van der Waals surface area (Å²) in [5, 5.41) is 10.9. The van der Waals surface area contributed by atoms with Crippen molar-refractivity contribution in [3.63, 3.8) is 0 Å². The number of piperidine rings is 1. The summed E-state index contributed by atoms with van der Waals surface area (Å²) < 4.78 is 6.97. The molecule has 26 heavy (non-hydrogen) atoms. The van der Waals surface area contributed by atoms with Crippen LogP contribution in [0.4, 0.5) is 0 Å². The van der Waals surface area contributed by atoms with Crippen LogP contribution in [0.5, 0.6) is 5.75 Å². The van der Waals surface area contributed by atoms with Crippen LogP contribution in [-0.4, -0.2) is 35.9 Å². The minimum absolute atomic E-state index is 0.107. The molecular formula is C20H28N4O2. The average molecular weight is 356 g/mol. The fourth-order valence-corrected chi connectivity index (χ4v) is 3.47. The van der Waals surface area contributed by atoms with E-state index in [4.69, 9.17) is 4.74 Å². The lowest BCUT2D eigenvalue weighted by Gasteiger charge is -2.27. The second-order valence-corrected chi connectivity index (χ2v) is 7.00. The van der Waals surface area contributed by atoms with Crippen molar-refractivity contribution in [2.75, 3.05) is 20.2 Å². The van der Waals surface area contributed by atoms with Crippen molar-refractivity contribution in [2.24, 2.45) is 11.8 Å². The van der Waals surface area contributed by atoms with Gasteiger partial charge in [-0.2, -0.15) is 5.10 Å². The van der Waals surface area contributed by atoms with Crippen LogP contribution >= 0.6 is 0 Å². The molecule has 1 aliphatic rings. The number of carbonyl (C=O) groups is 1. The Balaban J connectivity index is 1.48. The van der Waals surface area contributed by atoms with E-state index in [1.54, 1.807) is 11.8 Å². The number of aromatic nitrogens is 2.